The summed E-state index contributed by atoms with van der Waals surface area (Å²) in [5.41, 5.74) is 0.845. The number of nitrogens with one attached hydrogen (secondary N) is 3. The lowest BCUT2D eigenvalue weighted by Crippen LogP contribution is -2.22. The van der Waals surface area contributed by atoms with Crippen LogP contribution in [0.3, 0.4) is 0 Å². The molecule has 0 bridgehead atoms. The smallest absolute Gasteiger partial charge is 0.228 e. The summed E-state index contributed by atoms with van der Waals surface area (Å²) < 4.78 is 24.2. The number of hydrogen-bond acceptors (Lipinski definition) is 6. The van der Waals surface area contributed by atoms with Gasteiger partial charge in [0.1, 0.15) is 18.0 Å². The van der Waals surface area contributed by atoms with Crippen molar-refractivity contribution < 1.29 is 18.4 Å². The van der Waals surface area contributed by atoms with Crippen LogP contribution in [0.25, 0.3) is 10.9 Å². The number of benzene rings is 2. The highest BCUT2D eigenvalue weighted by atomic mass is 35.5. The zero-order valence-electron chi connectivity index (χ0n) is 20.5. The zero-order valence-corrected chi connectivity index (χ0v) is 21.2. The molecule has 1 heterocycles. The fraction of sp³-hybridized carbons (Fsp3) is 0.360. The molecule has 0 saturated heterocycles. The lowest BCUT2D eigenvalue weighted by atomic mass is 10.1. The molecule has 1 amide bonds. The van der Waals surface area contributed by atoms with Crippen molar-refractivity contribution in [2.45, 2.75) is 45.8 Å². The first-order valence-electron chi connectivity index (χ1n) is 11.0. The Hall–Kier alpha value is -3.17. The standard InChI is InChI=1S/C16H13FN4O.C7H17N.C2H2ClFO/c1-10-6-12(2-4-14(10)17)21-16-13-7-11(20-9-22)3-5-15(13)18-8-19-16;1-6(2)5-7(3)8-4;3-2(4)1-5/h2-9H,1H3,(H,20,22)(H,18,19,21);6-8H,5H2,1-4H3;1-2H/t;7-;/m.0./s1. The van der Waals surface area contributed by atoms with E-state index in [2.05, 4.69) is 58.3 Å². The molecule has 2 aromatic carbocycles. The normalized spacial score (nSPS) is 11.9. The average Bonchev–Trinajstić information content (AvgIpc) is 2.82. The minimum atomic E-state index is -1.82. The van der Waals surface area contributed by atoms with Crippen molar-refractivity contribution in [1.29, 1.82) is 0 Å². The zero-order chi connectivity index (χ0) is 26.4. The van der Waals surface area contributed by atoms with Crippen molar-refractivity contribution in [3.05, 3.63) is 54.1 Å². The minimum absolute atomic E-state index is 0.0154. The Morgan fingerprint density at radius 3 is 2.23 bits per heavy atom. The molecule has 0 saturated carbocycles. The van der Waals surface area contributed by atoms with Gasteiger partial charge in [0.25, 0.3) is 0 Å². The van der Waals surface area contributed by atoms with Gasteiger partial charge in [-0.25, -0.2) is 18.7 Å². The highest BCUT2D eigenvalue weighted by molar-refractivity contribution is 6.26. The summed E-state index contributed by atoms with van der Waals surface area (Å²) in [5, 5.41) is 9.70. The summed E-state index contributed by atoms with van der Waals surface area (Å²) in [6.07, 6.45) is 3.35. The van der Waals surface area contributed by atoms with Gasteiger partial charge < -0.3 is 16.0 Å². The molecule has 2 atom stereocenters. The van der Waals surface area contributed by atoms with E-state index in [4.69, 9.17) is 4.79 Å². The van der Waals surface area contributed by atoms with Gasteiger partial charge in [0, 0.05) is 22.8 Å². The van der Waals surface area contributed by atoms with Crippen molar-refractivity contribution >= 4 is 52.4 Å². The summed E-state index contributed by atoms with van der Waals surface area (Å²) in [6.45, 7) is 8.40. The number of nitrogens with zero attached hydrogens (tertiary/aromatic N) is 2. The number of amides is 1. The Labute approximate surface area is 209 Å². The number of aldehydes is 1. The van der Waals surface area contributed by atoms with Crippen molar-refractivity contribution in [2.24, 2.45) is 5.92 Å². The van der Waals surface area contributed by atoms with E-state index in [9.17, 15) is 13.6 Å². The molecule has 0 aliphatic heterocycles. The van der Waals surface area contributed by atoms with Crippen LogP contribution in [0.1, 0.15) is 32.8 Å². The van der Waals surface area contributed by atoms with Crippen LogP contribution in [-0.4, -0.2) is 41.4 Å². The maximum absolute atomic E-state index is 13.3. The van der Waals surface area contributed by atoms with Crippen LogP contribution in [0.15, 0.2) is 42.7 Å². The van der Waals surface area contributed by atoms with E-state index in [1.54, 1.807) is 37.3 Å². The molecule has 1 aromatic heterocycles. The Bertz CT molecular complexity index is 1080. The molecule has 3 aromatic rings. The molecule has 1 unspecified atom stereocenters. The number of hydrogen-bond donors (Lipinski definition) is 3. The van der Waals surface area contributed by atoms with Gasteiger partial charge in [-0.15, -0.1) is 0 Å². The van der Waals surface area contributed by atoms with Gasteiger partial charge in [-0.1, -0.05) is 25.4 Å². The topological polar surface area (TPSA) is 96.0 Å². The number of carbonyl (C=O) groups is 2. The van der Waals surface area contributed by atoms with Crippen LogP contribution in [0.4, 0.5) is 26.0 Å². The van der Waals surface area contributed by atoms with Crippen LogP contribution in [0.5, 0.6) is 0 Å². The van der Waals surface area contributed by atoms with E-state index in [0.29, 0.717) is 29.5 Å². The van der Waals surface area contributed by atoms with Gasteiger partial charge in [-0.05, 0) is 75.2 Å². The number of carbonyl (C=O) groups excluding carboxylic acids is 2. The monoisotopic (exact) mass is 507 g/mol. The number of rotatable bonds is 8. The van der Waals surface area contributed by atoms with Crippen LogP contribution in [0, 0.1) is 18.7 Å². The highest BCUT2D eigenvalue weighted by Crippen LogP contribution is 2.26. The van der Waals surface area contributed by atoms with Gasteiger partial charge in [-0.3, -0.25) is 9.59 Å². The lowest BCUT2D eigenvalue weighted by molar-refractivity contribution is -0.109. The molecule has 3 N–H and O–H groups in total. The summed E-state index contributed by atoms with van der Waals surface area (Å²) in [4.78, 5) is 28.0. The fourth-order valence-electron chi connectivity index (χ4n) is 3.00. The molecule has 0 aliphatic carbocycles. The van der Waals surface area contributed by atoms with Gasteiger partial charge in [0.05, 0.1) is 5.52 Å². The van der Waals surface area contributed by atoms with E-state index >= 15 is 0 Å². The van der Waals surface area contributed by atoms with Crippen molar-refractivity contribution in [3.63, 3.8) is 0 Å². The molecule has 0 radical (unpaired) electrons. The predicted octanol–water partition coefficient (Wildman–Crippen LogP) is 5.75. The molecule has 0 fully saturated rings. The van der Waals surface area contributed by atoms with Gasteiger partial charge in [-0.2, -0.15) is 0 Å². The lowest BCUT2D eigenvalue weighted by Gasteiger charge is -2.11. The summed E-state index contributed by atoms with van der Waals surface area (Å²) in [7, 11) is 2.01. The number of halogens is 3. The Kier molecular flexibility index (Phi) is 13.4. The molecule has 7 nitrogen and oxygen atoms in total. The van der Waals surface area contributed by atoms with Crippen LogP contribution in [-0.2, 0) is 9.59 Å². The maximum atomic E-state index is 13.3. The Morgan fingerprint density at radius 1 is 1.06 bits per heavy atom. The van der Waals surface area contributed by atoms with E-state index in [1.807, 2.05) is 7.05 Å². The first-order chi connectivity index (χ1) is 16.6. The second kappa shape index (κ2) is 15.7. The molecular weight excluding hydrogens is 476 g/mol. The second-order valence-corrected chi connectivity index (χ2v) is 8.51. The SMILES string of the molecule is CN[C@@H](C)CC(C)C.Cc1cc(Nc2ncnc3ccc(NC=O)cc23)ccc1F.O=CC(F)Cl. The molecule has 190 valence electrons. The molecule has 35 heavy (non-hydrogen) atoms. The summed E-state index contributed by atoms with van der Waals surface area (Å²) in [6, 6.07) is 10.8. The third-order valence-corrected chi connectivity index (χ3v) is 4.81. The third kappa shape index (κ3) is 11.2. The van der Waals surface area contributed by atoms with Gasteiger partial charge in [0.2, 0.25) is 12.0 Å². The Balaban J connectivity index is 0.000000392. The van der Waals surface area contributed by atoms with Crippen molar-refractivity contribution in [3.8, 4) is 0 Å². The van der Waals surface area contributed by atoms with E-state index < -0.39 is 5.63 Å². The van der Waals surface area contributed by atoms with Crippen LogP contribution >= 0.6 is 11.6 Å². The van der Waals surface area contributed by atoms with Gasteiger partial charge in [0.15, 0.2) is 6.29 Å². The minimum Gasteiger partial charge on any atom is -0.340 e. The predicted molar refractivity (Wildman–Crippen MR) is 138 cm³/mol. The third-order valence-electron chi connectivity index (χ3n) is 4.70. The summed E-state index contributed by atoms with van der Waals surface area (Å²) in [5.74, 6) is 1.15. The van der Waals surface area contributed by atoms with E-state index in [1.165, 1.54) is 18.8 Å². The molecular formula is C25H32ClF2N5O2. The highest BCUT2D eigenvalue weighted by Gasteiger charge is 2.06. The number of anilines is 3. The number of fused-ring (bicyclic) bond motifs is 1. The molecule has 0 aliphatic rings. The average molecular weight is 508 g/mol. The first-order valence-corrected chi connectivity index (χ1v) is 11.4. The number of alkyl halides is 2. The van der Waals surface area contributed by atoms with E-state index in [0.717, 1.165) is 22.5 Å². The first kappa shape index (κ1) is 29.9. The van der Waals surface area contributed by atoms with Gasteiger partial charge >= 0.3 is 0 Å². The van der Waals surface area contributed by atoms with E-state index in [-0.39, 0.29) is 12.1 Å². The quantitative estimate of drug-likeness (QED) is 0.265. The van der Waals surface area contributed by atoms with Crippen molar-refractivity contribution in [2.75, 3.05) is 17.7 Å². The molecule has 0 spiro atoms. The summed E-state index contributed by atoms with van der Waals surface area (Å²) >= 11 is 4.43. The number of aromatic nitrogens is 2. The van der Waals surface area contributed by atoms with Crippen molar-refractivity contribution in [1.82, 2.24) is 15.3 Å². The van der Waals surface area contributed by atoms with Crippen LogP contribution in [0.2, 0.25) is 0 Å². The fourth-order valence-corrected chi connectivity index (χ4v) is 3.00. The molecule has 3 rings (SSSR count). The number of aryl methyl sites for hydroxylation is 1. The molecule has 10 heteroatoms. The maximum Gasteiger partial charge on any atom is 0.228 e. The Morgan fingerprint density at radius 2 is 1.71 bits per heavy atom. The van der Waals surface area contributed by atoms with Crippen LogP contribution < -0.4 is 16.0 Å². The largest absolute Gasteiger partial charge is 0.340 e. The second-order valence-electron chi connectivity index (χ2n) is 8.10.